The van der Waals surface area contributed by atoms with Crippen LogP contribution < -0.4 is 0 Å². The Morgan fingerprint density at radius 1 is 1.42 bits per heavy atom. The van der Waals surface area contributed by atoms with E-state index in [9.17, 15) is 4.79 Å². The Morgan fingerprint density at radius 3 is 2.79 bits per heavy atom. The van der Waals surface area contributed by atoms with Crippen LogP contribution in [0.1, 0.15) is 21.7 Å². The van der Waals surface area contributed by atoms with E-state index in [1.807, 2.05) is 13.0 Å². The first kappa shape index (κ1) is 14.0. The Balaban J connectivity index is 2.19. The maximum atomic E-state index is 12.3. The first-order valence-electron chi connectivity index (χ1n) is 5.76. The molecule has 0 aliphatic rings. The zero-order valence-electron chi connectivity index (χ0n) is 10.7. The van der Waals surface area contributed by atoms with Gasteiger partial charge in [-0.15, -0.1) is 12.6 Å². The molecule has 19 heavy (non-hydrogen) atoms. The number of hydrogen-bond donors (Lipinski definition) is 1. The van der Waals surface area contributed by atoms with Gasteiger partial charge in [-0.3, -0.25) is 4.79 Å². The normalized spacial score (nSPS) is 10.5. The molecule has 3 nitrogen and oxygen atoms in total. The summed E-state index contributed by atoms with van der Waals surface area (Å²) in [7, 11) is 1.73. The monoisotopic (exact) mass is 295 g/mol. The highest BCUT2D eigenvalue weighted by molar-refractivity contribution is 7.80. The number of amides is 1. The second kappa shape index (κ2) is 5.72. The maximum absolute atomic E-state index is 12.3. The fourth-order valence-corrected chi connectivity index (χ4v) is 2.19. The summed E-state index contributed by atoms with van der Waals surface area (Å²) in [6.07, 6.45) is 1.62. The van der Waals surface area contributed by atoms with Gasteiger partial charge in [0, 0.05) is 24.1 Å². The lowest BCUT2D eigenvalue weighted by atomic mass is 10.2. The van der Waals surface area contributed by atoms with Crippen molar-refractivity contribution in [1.82, 2.24) is 4.90 Å². The number of furan rings is 1. The maximum Gasteiger partial charge on any atom is 0.255 e. The molecule has 1 amide bonds. The van der Waals surface area contributed by atoms with Crippen molar-refractivity contribution in [3.63, 3.8) is 0 Å². The average Bonchev–Trinajstić information content (AvgIpc) is 2.77. The van der Waals surface area contributed by atoms with Crippen LogP contribution in [-0.2, 0) is 6.54 Å². The fourth-order valence-electron chi connectivity index (χ4n) is 1.79. The standard InChI is InChI=1S/C14H14ClNO2S/c1-9-10(5-6-18-9)8-16(2)14(17)12-7-11(19)3-4-13(12)15/h3-7,19H,8H2,1-2H3. The second-order valence-corrected chi connectivity index (χ2v) is 5.25. The molecule has 0 unspecified atom stereocenters. The van der Waals surface area contributed by atoms with Gasteiger partial charge in [0.15, 0.2) is 0 Å². The molecular weight excluding hydrogens is 282 g/mol. The lowest BCUT2D eigenvalue weighted by Crippen LogP contribution is -2.26. The van der Waals surface area contributed by atoms with Gasteiger partial charge in [-0.1, -0.05) is 11.6 Å². The summed E-state index contributed by atoms with van der Waals surface area (Å²) >= 11 is 10.3. The molecule has 2 aromatic rings. The summed E-state index contributed by atoms with van der Waals surface area (Å²) < 4.78 is 5.22. The lowest BCUT2D eigenvalue weighted by molar-refractivity contribution is 0.0784. The van der Waals surface area contributed by atoms with Gasteiger partial charge < -0.3 is 9.32 Å². The molecule has 1 aromatic carbocycles. The van der Waals surface area contributed by atoms with Gasteiger partial charge in [0.1, 0.15) is 5.76 Å². The summed E-state index contributed by atoms with van der Waals surface area (Å²) in [5.41, 5.74) is 1.44. The zero-order chi connectivity index (χ0) is 14.0. The highest BCUT2D eigenvalue weighted by Crippen LogP contribution is 2.22. The van der Waals surface area contributed by atoms with Crippen LogP contribution in [0, 0.1) is 6.92 Å². The third kappa shape index (κ3) is 3.14. The number of thiol groups is 1. The molecule has 0 N–H and O–H groups in total. The molecule has 0 bridgehead atoms. The molecule has 0 atom stereocenters. The number of rotatable bonds is 3. The van der Waals surface area contributed by atoms with Crippen LogP contribution in [0.15, 0.2) is 39.8 Å². The minimum absolute atomic E-state index is 0.137. The van der Waals surface area contributed by atoms with Crippen LogP contribution in [0.4, 0.5) is 0 Å². The van der Waals surface area contributed by atoms with Gasteiger partial charge in [-0.2, -0.15) is 0 Å². The van der Waals surface area contributed by atoms with Crippen LogP contribution in [0.25, 0.3) is 0 Å². The van der Waals surface area contributed by atoms with Crippen molar-refractivity contribution in [2.24, 2.45) is 0 Å². The van der Waals surface area contributed by atoms with Crippen molar-refractivity contribution in [3.8, 4) is 0 Å². The van der Waals surface area contributed by atoms with Gasteiger partial charge in [-0.05, 0) is 31.2 Å². The largest absolute Gasteiger partial charge is 0.469 e. The Bertz CT molecular complexity index is 609. The Morgan fingerprint density at radius 2 is 2.16 bits per heavy atom. The van der Waals surface area contributed by atoms with Crippen LogP contribution in [0.3, 0.4) is 0 Å². The van der Waals surface area contributed by atoms with Crippen LogP contribution in [-0.4, -0.2) is 17.9 Å². The van der Waals surface area contributed by atoms with E-state index in [0.29, 0.717) is 22.0 Å². The van der Waals surface area contributed by atoms with E-state index in [4.69, 9.17) is 16.0 Å². The predicted octanol–water partition coefficient (Wildman–Crippen LogP) is 3.80. The van der Waals surface area contributed by atoms with Gasteiger partial charge in [0.05, 0.1) is 16.8 Å². The molecule has 100 valence electrons. The molecule has 0 aliphatic heterocycles. The highest BCUT2D eigenvalue weighted by atomic mass is 35.5. The molecule has 0 spiro atoms. The lowest BCUT2D eigenvalue weighted by Gasteiger charge is -2.17. The van der Waals surface area contributed by atoms with Crippen LogP contribution in [0.5, 0.6) is 0 Å². The average molecular weight is 296 g/mol. The zero-order valence-corrected chi connectivity index (χ0v) is 12.3. The van der Waals surface area contributed by atoms with E-state index in [-0.39, 0.29) is 5.91 Å². The molecule has 0 fully saturated rings. The summed E-state index contributed by atoms with van der Waals surface area (Å²) in [4.78, 5) is 14.6. The topological polar surface area (TPSA) is 33.5 Å². The van der Waals surface area contributed by atoms with Gasteiger partial charge >= 0.3 is 0 Å². The van der Waals surface area contributed by atoms with E-state index in [0.717, 1.165) is 11.3 Å². The van der Waals surface area contributed by atoms with E-state index in [1.165, 1.54) is 0 Å². The first-order valence-corrected chi connectivity index (χ1v) is 6.58. The molecule has 2 rings (SSSR count). The van der Waals surface area contributed by atoms with Crippen molar-refractivity contribution >= 4 is 30.1 Å². The quantitative estimate of drug-likeness (QED) is 0.874. The van der Waals surface area contributed by atoms with Crippen molar-refractivity contribution in [2.45, 2.75) is 18.4 Å². The summed E-state index contributed by atoms with van der Waals surface area (Å²) in [6.45, 7) is 2.35. The number of benzene rings is 1. The summed E-state index contributed by atoms with van der Waals surface area (Å²) in [6, 6.07) is 6.96. The van der Waals surface area contributed by atoms with Crippen molar-refractivity contribution in [2.75, 3.05) is 7.05 Å². The van der Waals surface area contributed by atoms with E-state index in [2.05, 4.69) is 12.6 Å². The molecule has 0 radical (unpaired) electrons. The number of carbonyl (C=O) groups is 1. The number of carbonyl (C=O) groups excluding carboxylic acids is 1. The number of nitrogens with zero attached hydrogens (tertiary/aromatic N) is 1. The molecule has 1 aromatic heterocycles. The fraction of sp³-hybridized carbons (Fsp3) is 0.214. The molecular formula is C14H14ClNO2S. The van der Waals surface area contributed by atoms with Gasteiger partial charge in [0.25, 0.3) is 5.91 Å². The highest BCUT2D eigenvalue weighted by Gasteiger charge is 2.16. The second-order valence-electron chi connectivity index (χ2n) is 4.33. The van der Waals surface area contributed by atoms with Crippen LogP contribution in [0.2, 0.25) is 5.02 Å². The molecule has 1 heterocycles. The third-order valence-electron chi connectivity index (χ3n) is 2.90. The molecule has 0 saturated heterocycles. The van der Waals surface area contributed by atoms with Crippen LogP contribution >= 0.6 is 24.2 Å². The van der Waals surface area contributed by atoms with E-state index in [1.54, 1.807) is 36.4 Å². The SMILES string of the molecule is Cc1occc1CN(C)C(=O)c1cc(S)ccc1Cl. The Kier molecular flexibility index (Phi) is 4.22. The minimum atomic E-state index is -0.137. The Labute approximate surface area is 122 Å². The van der Waals surface area contributed by atoms with Gasteiger partial charge in [-0.25, -0.2) is 0 Å². The number of halogens is 1. The first-order chi connectivity index (χ1) is 8.99. The van der Waals surface area contributed by atoms with E-state index >= 15 is 0 Å². The minimum Gasteiger partial charge on any atom is -0.469 e. The molecule has 0 saturated carbocycles. The van der Waals surface area contributed by atoms with Crippen molar-refractivity contribution in [3.05, 3.63) is 52.4 Å². The van der Waals surface area contributed by atoms with Crippen molar-refractivity contribution < 1.29 is 9.21 Å². The number of hydrogen-bond acceptors (Lipinski definition) is 3. The van der Waals surface area contributed by atoms with Gasteiger partial charge in [0.2, 0.25) is 0 Å². The number of aryl methyl sites for hydroxylation is 1. The summed E-state index contributed by atoms with van der Waals surface area (Å²) in [5, 5.41) is 0.429. The van der Waals surface area contributed by atoms with E-state index < -0.39 is 0 Å². The van der Waals surface area contributed by atoms with Crippen molar-refractivity contribution in [1.29, 1.82) is 0 Å². The smallest absolute Gasteiger partial charge is 0.255 e. The predicted molar refractivity (Wildman–Crippen MR) is 77.9 cm³/mol. The Hall–Kier alpha value is -1.39. The third-order valence-corrected chi connectivity index (χ3v) is 3.51. The molecule has 0 aliphatic carbocycles. The molecule has 5 heteroatoms. The summed E-state index contributed by atoms with van der Waals surface area (Å²) in [5.74, 6) is 0.676.